The second-order valence-corrected chi connectivity index (χ2v) is 6.09. The van der Waals surface area contributed by atoms with Crippen molar-refractivity contribution in [2.24, 2.45) is 5.92 Å². The largest absolute Gasteiger partial charge is 0.385 e. The number of carbonyl (C=O) groups excluding carboxylic acids is 1. The second-order valence-electron chi connectivity index (χ2n) is 6.09. The van der Waals surface area contributed by atoms with Gasteiger partial charge >= 0.3 is 0 Å². The Bertz CT molecular complexity index is 404. The lowest BCUT2D eigenvalue weighted by molar-refractivity contribution is -0.109. The number of hydrogen-bond acceptors (Lipinski definition) is 2. The molecule has 1 aromatic carbocycles. The summed E-state index contributed by atoms with van der Waals surface area (Å²) in [4.78, 5) is 10.1. The van der Waals surface area contributed by atoms with Crippen molar-refractivity contribution in [3.8, 4) is 0 Å². The van der Waals surface area contributed by atoms with Crippen molar-refractivity contribution in [1.29, 1.82) is 0 Å². The van der Waals surface area contributed by atoms with Crippen molar-refractivity contribution >= 4 is 12.1 Å². The van der Waals surface area contributed by atoms with Gasteiger partial charge < -0.3 is 10.6 Å². The minimum absolute atomic E-state index is 0.632. The van der Waals surface area contributed by atoms with Gasteiger partial charge in [-0.25, -0.2) is 0 Å². The normalized spacial score (nSPS) is 18.8. The Morgan fingerprint density at radius 2 is 1.70 bits per heavy atom. The fraction of sp³-hybridized carbons (Fsp3) is 0.650. The molecule has 130 valence electrons. The molecular weight excluding hydrogens is 284 g/mol. The van der Waals surface area contributed by atoms with Crippen LogP contribution in [-0.2, 0) is 11.2 Å². The average molecular weight is 319 g/mol. The minimum Gasteiger partial charge on any atom is -0.385 e. The highest BCUT2D eigenvalue weighted by Crippen LogP contribution is 2.25. The Hall–Kier alpha value is -1.51. The molecule has 1 aliphatic carbocycles. The van der Waals surface area contributed by atoms with Crippen LogP contribution in [0.5, 0.6) is 0 Å². The van der Waals surface area contributed by atoms with Gasteiger partial charge in [-0.3, -0.25) is 4.79 Å². The average Bonchev–Trinajstić information content (AvgIpc) is 2.65. The van der Waals surface area contributed by atoms with E-state index in [1.54, 1.807) is 0 Å². The van der Waals surface area contributed by atoms with Crippen molar-refractivity contribution < 1.29 is 4.79 Å². The molecule has 0 aromatic heterocycles. The van der Waals surface area contributed by atoms with Crippen molar-refractivity contribution in [2.75, 3.05) is 18.4 Å². The van der Waals surface area contributed by atoms with Gasteiger partial charge in [0.2, 0.25) is 6.41 Å². The standard InChI is InChI=1S/C12H16N2O.C6H12.C2H6/c15-9-13-6-5-10-7-11-3-1-2-4-12(11)14-8-10;1-2-4-6-5-3-1;1-2/h1-4,9-10,14H,5-8H2,(H,13,15);1-6H2;1-2H3/t10-;;/m0../s1. The molecule has 0 unspecified atom stereocenters. The maximum Gasteiger partial charge on any atom is 0.207 e. The number of nitrogens with one attached hydrogen (secondary N) is 2. The topological polar surface area (TPSA) is 41.1 Å². The molecule has 2 N–H and O–H groups in total. The summed E-state index contributed by atoms with van der Waals surface area (Å²) in [5, 5.41) is 6.13. The van der Waals surface area contributed by atoms with Crippen LogP contribution in [0.15, 0.2) is 24.3 Å². The predicted molar refractivity (Wildman–Crippen MR) is 99.9 cm³/mol. The fourth-order valence-electron chi connectivity index (χ4n) is 3.12. The third-order valence-corrected chi connectivity index (χ3v) is 4.39. The molecule has 0 bridgehead atoms. The first-order valence-electron chi connectivity index (χ1n) is 9.39. The number of hydrogen-bond donors (Lipinski definition) is 2. The Kier molecular flexibility index (Phi) is 11.0. The van der Waals surface area contributed by atoms with E-state index in [1.807, 2.05) is 13.8 Å². The van der Waals surface area contributed by atoms with Crippen LogP contribution in [0.2, 0.25) is 0 Å². The molecule has 1 amide bonds. The Balaban J connectivity index is 0.000000276. The highest BCUT2D eigenvalue weighted by molar-refractivity contribution is 5.53. The van der Waals surface area contributed by atoms with Gasteiger partial charge in [0, 0.05) is 18.8 Å². The second kappa shape index (κ2) is 13.0. The van der Waals surface area contributed by atoms with E-state index in [0.29, 0.717) is 5.92 Å². The van der Waals surface area contributed by atoms with Gasteiger partial charge in [0.1, 0.15) is 0 Å². The quantitative estimate of drug-likeness (QED) is 0.620. The zero-order chi connectivity index (χ0) is 16.8. The zero-order valence-electron chi connectivity index (χ0n) is 14.9. The van der Waals surface area contributed by atoms with E-state index >= 15 is 0 Å². The van der Waals surface area contributed by atoms with E-state index in [-0.39, 0.29) is 0 Å². The molecule has 2 aliphatic rings. The van der Waals surface area contributed by atoms with E-state index in [1.165, 1.54) is 49.8 Å². The van der Waals surface area contributed by atoms with E-state index in [2.05, 4.69) is 34.9 Å². The first kappa shape index (κ1) is 19.5. The number of benzene rings is 1. The number of anilines is 1. The summed E-state index contributed by atoms with van der Waals surface area (Å²) in [6.45, 7) is 5.79. The number of para-hydroxylation sites is 1. The molecule has 1 fully saturated rings. The Morgan fingerprint density at radius 3 is 2.30 bits per heavy atom. The van der Waals surface area contributed by atoms with Gasteiger partial charge in [0.05, 0.1) is 0 Å². The third kappa shape index (κ3) is 8.06. The molecule has 1 heterocycles. The maximum absolute atomic E-state index is 10.1. The molecule has 1 aliphatic heterocycles. The predicted octanol–water partition coefficient (Wildman–Crippen LogP) is 4.77. The summed E-state index contributed by atoms with van der Waals surface area (Å²) >= 11 is 0. The summed E-state index contributed by atoms with van der Waals surface area (Å²) in [5.74, 6) is 0.632. The number of fused-ring (bicyclic) bond motifs is 1. The minimum atomic E-state index is 0.632. The van der Waals surface area contributed by atoms with Crippen molar-refractivity contribution in [3.63, 3.8) is 0 Å². The third-order valence-electron chi connectivity index (χ3n) is 4.39. The highest BCUT2D eigenvalue weighted by atomic mass is 16.1. The summed E-state index contributed by atoms with van der Waals surface area (Å²) in [5.41, 5.74) is 2.65. The van der Waals surface area contributed by atoms with Gasteiger partial charge in [-0.15, -0.1) is 0 Å². The number of amides is 1. The zero-order valence-corrected chi connectivity index (χ0v) is 14.9. The Labute approximate surface area is 142 Å². The molecular formula is C20H34N2O. The lowest BCUT2D eigenvalue weighted by Gasteiger charge is -2.25. The highest BCUT2D eigenvalue weighted by Gasteiger charge is 2.16. The molecule has 1 aromatic rings. The van der Waals surface area contributed by atoms with Gasteiger partial charge in [-0.1, -0.05) is 70.6 Å². The van der Waals surface area contributed by atoms with Crippen LogP contribution in [-0.4, -0.2) is 19.5 Å². The molecule has 0 spiro atoms. The first-order chi connectivity index (χ1) is 11.4. The van der Waals surface area contributed by atoms with Crippen LogP contribution in [0.1, 0.15) is 64.4 Å². The van der Waals surface area contributed by atoms with E-state index in [4.69, 9.17) is 0 Å². The van der Waals surface area contributed by atoms with E-state index < -0.39 is 0 Å². The molecule has 23 heavy (non-hydrogen) atoms. The molecule has 1 atom stereocenters. The molecule has 0 saturated heterocycles. The van der Waals surface area contributed by atoms with Gasteiger partial charge in [-0.05, 0) is 30.4 Å². The summed E-state index contributed by atoms with van der Waals surface area (Å²) in [7, 11) is 0. The van der Waals surface area contributed by atoms with Gasteiger partial charge in [-0.2, -0.15) is 0 Å². The van der Waals surface area contributed by atoms with Crippen LogP contribution < -0.4 is 10.6 Å². The van der Waals surface area contributed by atoms with Crippen LogP contribution in [0.4, 0.5) is 5.69 Å². The van der Waals surface area contributed by atoms with E-state index in [0.717, 1.165) is 32.3 Å². The first-order valence-corrected chi connectivity index (χ1v) is 9.39. The molecule has 0 radical (unpaired) electrons. The lowest BCUT2D eigenvalue weighted by atomic mass is 9.91. The summed E-state index contributed by atoms with van der Waals surface area (Å²) in [6.07, 6.45) is 11.9. The molecule has 1 saturated carbocycles. The monoisotopic (exact) mass is 318 g/mol. The maximum atomic E-state index is 10.1. The summed E-state index contributed by atoms with van der Waals surface area (Å²) in [6, 6.07) is 8.42. The van der Waals surface area contributed by atoms with Crippen LogP contribution >= 0.6 is 0 Å². The Morgan fingerprint density at radius 1 is 1.09 bits per heavy atom. The smallest absolute Gasteiger partial charge is 0.207 e. The molecule has 3 rings (SSSR count). The van der Waals surface area contributed by atoms with Gasteiger partial charge in [0.15, 0.2) is 0 Å². The van der Waals surface area contributed by atoms with Crippen LogP contribution in [0.3, 0.4) is 0 Å². The van der Waals surface area contributed by atoms with Crippen molar-refractivity contribution in [1.82, 2.24) is 5.32 Å². The fourth-order valence-corrected chi connectivity index (χ4v) is 3.12. The van der Waals surface area contributed by atoms with Gasteiger partial charge in [0.25, 0.3) is 0 Å². The van der Waals surface area contributed by atoms with Crippen molar-refractivity contribution in [2.45, 2.75) is 65.2 Å². The van der Waals surface area contributed by atoms with Crippen LogP contribution in [0, 0.1) is 5.92 Å². The number of carbonyl (C=O) groups is 1. The summed E-state index contributed by atoms with van der Waals surface area (Å²) < 4.78 is 0. The SMILES string of the molecule is C1CCCCC1.CC.O=CNCC[C@@H]1CNc2ccccc2C1. The van der Waals surface area contributed by atoms with Crippen molar-refractivity contribution in [3.05, 3.63) is 29.8 Å². The molecule has 3 heteroatoms. The van der Waals surface area contributed by atoms with E-state index in [9.17, 15) is 4.79 Å². The molecule has 3 nitrogen and oxygen atoms in total. The van der Waals surface area contributed by atoms with Crippen LogP contribution in [0.25, 0.3) is 0 Å². The lowest BCUT2D eigenvalue weighted by Crippen LogP contribution is -2.26. The number of rotatable bonds is 4.